The molecule has 0 unspecified atom stereocenters. The van der Waals surface area contributed by atoms with Gasteiger partial charge in [0.1, 0.15) is 5.82 Å². The first-order chi connectivity index (χ1) is 12.8. The van der Waals surface area contributed by atoms with Crippen LogP contribution in [0.3, 0.4) is 0 Å². The molecule has 3 rings (SSSR count). The molecule has 0 aliphatic carbocycles. The van der Waals surface area contributed by atoms with Crippen LogP contribution in [0.5, 0.6) is 0 Å². The van der Waals surface area contributed by atoms with Gasteiger partial charge in [0.25, 0.3) is 0 Å². The van der Waals surface area contributed by atoms with Crippen LogP contribution >= 0.6 is 11.0 Å². The fraction of sp³-hybridized carbons (Fsp3) is 0.278. The lowest BCUT2D eigenvalue weighted by atomic mass is 10.2. The topological polar surface area (TPSA) is 87.5 Å². The quantitative estimate of drug-likeness (QED) is 0.612. The molecule has 0 aromatic heterocycles. The van der Waals surface area contributed by atoms with E-state index in [9.17, 15) is 18.3 Å². The molecule has 27 heavy (non-hydrogen) atoms. The molecule has 0 bridgehead atoms. The molecule has 0 saturated heterocycles. The second-order valence-electron chi connectivity index (χ2n) is 6.26. The van der Waals surface area contributed by atoms with Gasteiger partial charge in [-0.25, -0.2) is 13.5 Å². The zero-order valence-electron chi connectivity index (χ0n) is 14.8. The zero-order chi connectivity index (χ0) is 19.6. The summed E-state index contributed by atoms with van der Waals surface area (Å²) in [5, 5.41) is 8.89. The molecule has 0 atom stereocenters. The molecule has 0 spiro atoms. The number of hydrogen-bond acceptors (Lipinski definition) is 5. The van der Waals surface area contributed by atoms with Gasteiger partial charge in [0, 0.05) is 20.1 Å². The van der Waals surface area contributed by atoms with Gasteiger partial charge in [0.15, 0.2) is 0 Å². The van der Waals surface area contributed by atoms with E-state index in [1.807, 2.05) is 6.07 Å². The second kappa shape index (κ2) is 7.63. The van der Waals surface area contributed by atoms with Gasteiger partial charge in [0.05, 0.1) is 17.1 Å². The van der Waals surface area contributed by atoms with E-state index in [2.05, 4.69) is 0 Å². The molecule has 1 heterocycles. The summed E-state index contributed by atoms with van der Waals surface area (Å²) in [5.41, 5.74) is 1.79. The number of rotatable bonds is 6. The molecule has 3 N–H and O–H groups in total. The SMILES string of the molecule is CN(CCCCN1c2ccccc2N(c2ccc(F)cc2)S1(O)O)C(=O)O. The summed E-state index contributed by atoms with van der Waals surface area (Å²) < 4.78 is 38.1. The minimum atomic E-state index is -3.36. The Morgan fingerprint density at radius 3 is 2.33 bits per heavy atom. The van der Waals surface area contributed by atoms with E-state index in [1.165, 1.54) is 44.8 Å². The van der Waals surface area contributed by atoms with Crippen molar-refractivity contribution in [3.63, 3.8) is 0 Å². The number of carbonyl (C=O) groups is 1. The number of para-hydroxylation sites is 2. The summed E-state index contributed by atoms with van der Waals surface area (Å²) >= 11 is 0. The van der Waals surface area contributed by atoms with Crippen LogP contribution in [-0.4, -0.2) is 45.3 Å². The van der Waals surface area contributed by atoms with Gasteiger partial charge in [0.2, 0.25) is 0 Å². The third-order valence-corrected chi connectivity index (χ3v) is 6.27. The first-order valence-corrected chi connectivity index (χ1v) is 9.93. The van der Waals surface area contributed by atoms with Crippen LogP contribution in [0.2, 0.25) is 0 Å². The molecule has 0 fully saturated rings. The van der Waals surface area contributed by atoms with Crippen molar-refractivity contribution in [1.82, 2.24) is 4.90 Å². The average Bonchev–Trinajstić information content (AvgIpc) is 2.85. The van der Waals surface area contributed by atoms with E-state index in [1.54, 1.807) is 18.2 Å². The molecular weight excluding hydrogens is 373 g/mol. The number of halogens is 1. The number of amides is 1. The van der Waals surface area contributed by atoms with E-state index < -0.39 is 22.9 Å². The number of unbranched alkanes of at least 4 members (excludes halogenated alkanes) is 1. The Bertz CT molecular complexity index is 819. The predicted octanol–water partition coefficient (Wildman–Crippen LogP) is 4.75. The minimum absolute atomic E-state index is 0.352. The standard InChI is InChI=1S/C18H22FN3O4S/c1-20(18(23)24)12-4-5-13-21-16-6-2-3-7-17(16)22(27(21,25)26)15-10-8-14(19)9-11-15/h2-3,6-11,25-26H,4-5,12-13H2,1H3,(H,23,24). The summed E-state index contributed by atoms with van der Waals surface area (Å²) in [6.45, 7) is 0.718. The van der Waals surface area contributed by atoms with Crippen LogP contribution < -0.4 is 8.61 Å². The number of fused-ring (bicyclic) bond motifs is 1. The lowest BCUT2D eigenvalue weighted by Crippen LogP contribution is -2.32. The van der Waals surface area contributed by atoms with Crippen molar-refractivity contribution in [3.05, 3.63) is 54.3 Å². The number of carboxylic acid groups (broad SMARTS) is 1. The molecule has 9 heteroatoms. The van der Waals surface area contributed by atoms with Crippen LogP contribution in [0.1, 0.15) is 12.8 Å². The van der Waals surface area contributed by atoms with Crippen molar-refractivity contribution in [2.75, 3.05) is 28.7 Å². The third-order valence-electron chi connectivity index (χ3n) is 4.40. The van der Waals surface area contributed by atoms with Crippen LogP contribution in [-0.2, 0) is 0 Å². The Balaban J connectivity index is 1.81. The average molecular weight is 395 g/mol. The van der Waals surface area contributed by atoms with Crippen molar-refractivity contribution >= 4 is 34.1 Å². The molecule has 146 valence electrons. The number of hydrogen-bond donors (Lipinski definition) is 3. The Hall–Kier alpha value is -2.49. The molecule has 2 aromatic carbocycles. The first-order valence-electron chi connectivity index (χ1n) is 8.47. The van der Waals surface area contributed by atoms with Crippen LogP contribution in [0.4, 0.5) is 26.2 Å². The lowest BCUT2D eigenvalue weighted by Gasteiger charge is -2.43. The minimum Gasteiger partial charge on any atom is -0.465 e. The fourth-order valence-corrected chi connectivity index (χ4v) is 4.82. The highest BCUT2D eigenvalue weighted by Crippen LogP contribution is 2.64. The van der Waals surface area contributed by atoms with E-state index >= 15 is 0 Å². The number of anilines is 3. The molecule has 7 nitrogen and oxygen atoms in total. The van der Waals surface area contributed by atoms with Gasteiger partial charge >= 0.3 is 6.09 Å². The van der Waals surface area contributed by atoms with Gasteiger partial charge in [-0.2, -0.15) is 0 Å². The van der Waals surface area contributed by atoms with Gasteiger partial charge in [-0.05, 0) is 60.2 Å². The number of nitrogens with zero attached hydrogens (tertiary/aromatic N) is 3. The molecule has 1 amide bonds. The van der Waals surface area contributed by atoms with Gasteiger partial charge < -0.3 is 10.0 Å². The maximum Gasteiger partial charge on any atom is 0.407 e. The maximum atomic E-state index is 13.3. The molecule has 0 radical (unpaired) electrons. The molecule has 2 aromatic rings. The van der Waals surface area contributed by atoms with Crippen LogP contribution in [0.25, 0.3) is 0 Å². The van der Waals surface area contributed by atoms with E-state index in [0.29, 0.717) is 43.0 Å². The van der Waals surface area contributed by atoms with Crippen molar-refractivity contribution in [2.24, 2.45) is 0 Å². The van der Waals surface area contributed by atoms with Gasteiger partial charge in [-0.1, -0.05) is 12.1 Å². The van der Waals surface area contributed by atoms with Crippen LogP contribution in [0, 0.1) is 5.82 Å². The summed E-state index contributed by atoms with van der Waals surface area (Å²) in [7, 11) is -1.86. The molecule has 0 saturated carbocycles. The normalized spacial score (nSPS) is 16.1. The van der Waals surface area contributed by atoms with E-state index in [0.717, 1.165) is 0 Å². The van der Waals surface area contributed by atoms with Crippen molar-refractivity contribution < 1.29 is 23.4 Å². The van der Waals surface area contributed by atoms with E-state index in [4.69, 9.17) is 5.11 Å². The van der Waals surface area contributed by atoms with Crippen molar-refractivity contribution in [3.8, 4) is 0 Å². The smallest absolute Gasteiger partial charge is 0.407 e. The summed E-state index contributed by atoms with van der Waals surface area (Å²) in [4.78, 5) is 12.0. The van der Waals surface area contributed by atoms with Gasteiger partial charge in [-0.3, -0.25) is 13.4 Å². The monoisotopic (exact) mass is 395 g/mol. The molecule has 1 aliphatic heterocycles. The van der Waals surface area contributed by atoms with Crippen LogP contribution in [0.15, 0.2) is 48.5 Å². The highest BCUT2D eigenvalue weighted by atomic mass is 32.3. The molecular formula is C18H22FN3O4S. The highest BCUT2D eigenvalue weighted by molar-refractivity contribution is 8.27. The third kappa shape index (κ3) is 3.80. The summed E-state index contributed by atoms with van der Waals surface area (Å²) in [6.07, 6.45) is 0.181. The Morgan fingerprint density at radius 2 is 1.70 bits per heavy atom. The Morgan fingerprint density at radius 1 is 1.07 bits per heavy atom. The molecule has 1 aliphatic rings. The van der Waals surface area contributed by atoms with Crippen molar-refractivity contribution in [2.45, 2.75) is 12.8 Å². The summed E-state index contributed by atoms with van der Waals surface area (Å²) in [6, 6.07) is 12.8. The second-order valence-corrected chi connectivity index (χ2v) is 8.05. The zero-order valence-corrected chi connectivity index (χ0v) is 15.6. The maximum absolute atomic E-state index is 13.3. The van der Waals surface area contributed by atoms with Gasteiger partial charge in [-0.15, -0.1) is 0 Å². The highest BCUT2D eigenvalue weighted by Gasteiger charge is 2.41. The Kier molecular flexibility index (Phi) is 5.45. The largest absolute Gasteiger partial charge is 0.465 e. The van der Waals surface area contributed by atoms with E-state index in [-0.39, 0.29) is 0 Å². The summed E-state index contributed by atoms with van der Waals surface area (Å²) in [5.74, 6) is -0.401. The van der Waals surface area contributed by atoms with Crippen molar-refractivity contribution in [1.29, 1.82) is 0 Å². The fourth-order valence-electron chi connectivity index (χ4n) is 3.01. The lowest BCUT2D eigenvalue weighted by molar-refractivity contribution is 0.155. The number of benzene rings is 2. The Labute approximate surface area is 158 Å². The predicted molar refractivity (Wildman–Crippen MR) is 105 cm³/mol. The first kappa shape index (κ1) is 19.3.